The molecular formula is C18H21N3O3. The molecule has 2 aromatic rings. The van der Waals surface area contributed by atoms with Gasteiger partial charge in [-0.15, -0.1) is 0 Å². The topological polar surface area (TPSA) is 97.4 Å². The molecule has 24 heavy (non-hydrogen) atoms. The van der Waals surface area contributed by atoms with Crippen LogP contribution in [0.4, 0.5) is 5.69 Å². The number of rotatable bonds is 6. The maximum absolute atomic E-state index is 12.3. The highest BCUT2D eigenvalue weighted by Gasteiger charge is 2.28. The number of furan rings is 1. The van der Waals surface area contributed by atoms with Gasteiger partial charge in [-0.05, 0) is 55.5 Å². The third kappa shape index (κ3) is 3.83. The third-order valence-electron chi connectivity index (χ3n) is 4.22. The van der Waals surface area contributed by atoms with E-state index in [4.69, 9.17) is 10.2 Å². The first kappa shape index (κ1) is 16.3. The molecule has 1 fully saturated rings. The second-order valence-corrected chi connectivity index (χ2v) is 6.17. The Morgan fingerprint density at radius 3 is 2.75 bits per heavy atom. The summed E-state index contributed by atoms with van der Waals surface area (Å²) in [6, 6.07) is 8.43. The van der Waals surface area contributed by atoms with E-state index in [9.17, 15) is 9.59 Å². The van der Waals surface area contributed by atoms with Crippen LogP contribution in [0.1, 0.15) is 39.3 Å². The van der Waals surface area contributed by atoms with E-state index in [1.807, 2.05) is 6.92 Å². The highest BCUT2D eigenvalue weighted by molar-refractivity contribution is 6.03. The van der Waals surface area contributed by atoms with Gasteiger partial charge in [0.15, 0.2) is 5.76 Å². The zero-order valence-corrected chi connectivity index (χ0v) is 13.5. The number of hydrogen-bond acceptors (Lipinski definition) is 4. The predicted molar refractivity (Wildman–Crippen MR) is 90.9 cm³/mol. The number of carbonyl (C=O) groups is 2. The highest BCUT2D eigenvalue weighted by atomic mass is 16.3. The van der Waals surface area contributed by atoms with Gasteiger partial charge < -0.3 is 20.8 Å². The lowest BCUT2D eigenvalue weighted by Gasteiger charge is -2.13. The molecule has 0 radical (unpaired) electrons. The maximum Gasteiger partial charge on any atom is 0.291 e. The Balaban J connectivity index is 1.66. The number of aryl methyl sites for hydroxylation is 1. The Morgan fingerprint density at radius 2 is 2.08 bits per heavy atom. The molecule has 126 valence electrons. The minimum atomic E-state index is -0.351. The van der Waals surface area contributed by atoms with Crippen LogP contribution in [0.15, 0.2) is 41.0 Å². The van der Waals surface area contributed by atoms with Crippen LogP contribution in [0.2, 0.25) is 0 Å². The molecule has 1 heterocycles. The minimum absolute atomic E-state index is 0.0116. The van der Waals surface area contributed by atoms with Crippen molar-refractivity contribution in [2.45, 2.75) is 25.8 Å². The van der Waals surface area contributed by atoms with Crippen molar-refractivity contribution in [1.82, 2.24) is 5.32 Å². The van der Waals surface area contributed by atoms with Crippen LogP contribution in [-0.2, 0) is 0 Å². The molecule has 1 unspecified atom stereocenters. The molecule has 1 aliphatic carbocycles. The lowest BCUT2D eigenvalue weighted by molar-refractivity contribution is 0.0948. The van der Waals surface area contributed by atoms with E-state index < -0.39 is 0 Å². The van der Waals surface area contributed by atoms with Crippen LogP contribution < -0.4 is 16.4 Å². The van der Waals surface area contributed by atoms with Crippen molar-refractivity contribution in [3.05, 3.63) is 53.5 Å². The average molecular weight is 327 g/mol. The van der Waals surface area contributed by atoms with Gasteiger partial charge in [0.25, 0.3) is 11.8 Å². The van der Waals surface area contributed by atoms with E-state index >= 15 is 0 Å². The van der Waals surface area contributed by atoms with E-state index in [0.29, 0.717) is 23.7 Å². The Hall–Kier alpha value is -2.60. The average Bonchev–Trinajstić information content (AvgIpc) is 3.28. The molecular weight excluding hydrogens is 306 g/mol. The van der Waals surface area contributed by atoms with Gasteiger partial charge >= 0.3 is 0 Å². The smallest absolute Gasteiger partial charge is 0.291 e. The quantitative estimate of drug-likeness (QED) is 0.758. The van der Waals surface area contributed by atoms with Crippen molar-refractivity contribution < 1.29 is 14.0 Å². The van der Waals surface area contributed by atoms with Crippen LogP contribution >= 0.6 is 0 Å². The molecule has 0 aliphatic heterocycles. The number of amides is 2. The summed E-state index contributed by atoms with van der Waals surface area (Å²) in [6.07, 6.45) is 3.73. The highest BCUT2D eigenvalue weighted by Crippen LogP contribution is 2.31. The Morgan fingerprint density at radius 1 is 1.29 bits per heavy atom. The summed E-state index contributed by atoms with van der Waals surface area (Å²) in [5, 5.41) is 5.62. The van der Waals surface area contributed by atoms with Crippen molar-refractivity contribution in [1.29, 1.82) is 0 Å². The fourth-order valence-corrected chi connectivity index (χ4v) is 2.49. The monoisotopic (exact) mass is 327 g/mol. The molecule has 0 saturated heterocycles. The first-order valence-electron chi connectivity index (χ1n) is 8.04. The van der Waals surface area contributed by atoms with E-state index in [1.54, 1.807) is 30.3 Å². The van der Waals surface area contributed by atoms with E-state index in [-0.39, 0.29) is 23.6 Å². The largest absolute Gasteiger partial charge is 0.459 e. The predicted octanol–water partition coefficient (Wildman–Crippen LogP) is 2.31. The van der Waals surface area contributed by atoms with Gasteiger partial charge in [-0.1, -0.05) is 6.07 Å². The summed E-state index contributed by atoms with van der Waals surface area (Å²) in [4.78, 5) is 24.4. The first-order valence-corrected chi connectivity index (χ1v) is 8.04. The van der Waals surface area contributed by atoms with Gasteiger partial charge in [-0.2, -0.15) is 0 Å². The van der Waals surface area contributed by atoms with Gasteiger partial charge in [0, 0.05) is 23.8 Å². The zero-order valence-electron chi connectivity index (χ0n) is 13.5. The molecule has 0 spiro atoms. The molecule has 3 rings (SSSR count). The number of nitrogens with one attached hydrogen (secondary N) is 2. The van der Waals surface area contributed by atoms with Crippen molar-refractivity contribution in [3.63, 3.8) is 0 Å². The van der Waals surface area contributed by atoms with Gasteiger partial charge in [-0.3, -0.25) is 9.59 Å². The summed E-state index contributed by atoms with van der Waals surface area (Å²) in [7, 11) is 0. The molecule has 1 aromatic carbocycles. The minimum Gasteiger partial charge on any atom is -0.459 e. The van der Waals surface area contributed by atoms with Gasteiger partial charge in [0.2, 0.25) is 0 Å². The molecule has 1 aliphatic rings. The summed E-state index contributed by atoms with van der Waals surface area (Å²) < 4.78 is 5.07. The SMILES string of the molecule is Cc1ccc(C(=O)NCC(N)C2CC2)cc1NC(=O)c1ccco1. The van der Waals surface area contributed by atoms with Crippen molar-refractivity contribution in [3.8, 4) is 0 Å². The summed E-state index contributed by atoms with van der Waals surface area (Å²) in [6.45, 7) is 2.33. The number of nitrogens with two attached hydrogens (primary N) is 1. The standard InChI is InChI=1S/C18H21N3O3/c1-11-4-5-13(17(22)20-10-14(19)12-6-7-12)9-15(11)21-18(23)16-3-2-8-24-16/h2-5,8-9,12,14H,6-7,10,19H2,1H3,(H,20,22)(H,21,23). The molecule has 2 amide bonds. The molecule has 6 nitrogen and oxygen atoms in total. The fourth-order valence-electron chi connectivity index (χ4n) is 2.49. The van der Waals surface area contributed by atoms with Crippen molar-refractivity contribution in [2.24, 2.45) is 11.7 Å². The number of hydrogen-bond donors (Lipinski definition) is 3. The van der Waals surface area contributed by atoms with Crippen LogP contribution in [0.3, 0.4) is 0 Å². The zero-order chi connectivity index (χ0) is 17.1. The Labute approximate surface area is 140 Å². The first-order chi connectivity index (χ1) is 11.5. The second-order valence-electron chi connectivity index (χ2n) is 6.17. The second kappa shape index (κ2) is 6.88. The fraction of sp³-hybridized carbons (Fsp3) is 0.333. The number of benzene rings is 1. The Kier molecular flexibility index (Phi) is 4.66. The van der Waals surface area contributed by atoms with Crippen LogP contribution in [0, 0.1) is 12.8 Å². The maximum atomic E-state index is 12.3. The van der Waals surface area contributed by atoms with Gasteiger partial charge in [0.1, 0.15) is 0 Å². The van der Waals surface area contributed by atoms with Crippen LogP contribution in [0.25, 0.3) is 0 Å². The molecule has 1 aromatic heterocycles. The number of carbonyl (C=O) groups excluding carboxylic acids is 2. The molecule has 6 heteroatoms. The molecule has 1 atom stereocenters. The van der Waals surface area contributed by atoms with Crippen LogP contribution in [-0.4, -0.2) is 24.4 Å². The summed E-state index contributed by atoms with van der Waals surface area (Å²) in [5.41, 5.74) is 7.92. The summed E-state index contributed by atoms with van der Waals surface area (Å²) in [5.74, 6) is 0.210. The molecule has 0 bridgehead atoms. The van der Waals surface area contributed by atoms with E-state index in [0.717, 1.165) is 18.4 Å². The van der Waals surface area contributed by atoms with Gasteiger partial charge in [-0.25, -0.2) is 0 Å². The van der Waals surface area contributed by atoms with Crippen molar-refractivity contribution in [2.75, 3.05) is 11.9 Å². The number of anilines is 1. The molecule has 4 N–H and O–H groups in total. The Bertz CT molecular complexity index is 736. The van der Waals surface area contributed by atoms with Crippen molar-refractivity contribution >= 4 is 17.5 Å². The normalized spacial score (nSPS) is 14.9. The lowest BCUT2D eigenvalue weighted by Crippen LogP contribution is -2.38. The van der Waals surface area contributed by atoms with E-state index in [1.165, 1.54) is 6.26 Å². The van der Waals surface area contributed by atoms with Gasteiger partial charge in [0.05, 0.1) is 6.26 Å². The molecule has 1 saturated carbocycles. The third-order valence-corrected chi connectivity index (χ3v) is 4.22. The van der Waals surface area contributed by atoms with E-state index in [2.05, 4.69) is 10.6 Å². The summed E-state index contributed by atoms with van der Waals surface area (Å²) >= 11 is 0. The lowest BCUT2D eigenvalue weighted by atomic mass is 10.1. The van der Waals surface area contributed by atoms with Crippen LogP contribution in [0.5, 0.6) is 0 Å².